The van der Waals surface area contributed by atoms with Gasteiger partial charge in [0.25, 0.3) is 0 Å². The fourth-order valence-corrected chi connectivity index (χ4v) is 2.28. The summed E-state index contributed by atoms with van der Waals surface area (Å²) < 4.78 is 5.47. The molecule has 0 radical (unpaired) electrons. The summed E-state index contributed by atoms with van der Waals surface area (Å²) in [5.41, 5.74) is 12.7. The van der Waals surface area contributed by atoms with Crippen LogP contribution in [-0.2, 0) is 6.42 Å². The lowest BCUT2D eigenvalue weighted by Crippen LogP contribution is -2.02. The molecule has 0 saturated carbocycles. The molecule has 0 aliphatic heterocycles. The van der Waals surface area contributed by atoms with Gasteiger partial charge < -0.3 is 10.3 Å². The Morgan fingerprint density at radius 3 is 2.22 bits per heavy atom. The van der Waals surface area contributed by atoms with Gasteiger partial charge in [-0.3, -0.25) is 0 Å². The number of hydrogen-bond acceptors (Lipinski definition) is 3. The van der Waals surface area contributed by atoms with Crippen molar-refractivity contribution < 1.29 is 4.52 Å². The maximum atomic E-state index is 5.53. The molecule has 2 N–H and O–H groups in total. The Hall–Kier alpha value is -1.61. The smallest absolute Gasteiger partial charge is 0.167 e. The first-order valence-electron chi connectivity index (χ1n) is 6.28. The van der Waals surface area contributed by atoms with Crippen molar-refractivity contribution in [2.45, 2.75) is 34.1 Å². The standard InChI is InChI=1S/C15H20N2O/c1-9-7-10(2)12(4)15(11(9)3)14-8-13(5-6-16)17-18-14/h7-8H,5-6,16H2,1-4H3. The SMILES string of the molecule is Cc1cc(C)c(C)c(-c2cc(CCN)no2)c1C. The summed E-state index contributed by atoms with van der Waals surface area (Å²) in [7, 11) is 0. The van der Waals surface area contributed by atoms with Gasteiger partial charge in [-0.25, -0.2) is 0 Å². The van der Waals surface area contributed by atoms with Crippen molar-refractivity contribution in [3.63, 3.8) is 0 Å². The summed E-state index contributed by atoms with van der Waals surface area (Å²) >= 11 is 0. The number of benzene rings is 1. The number of hydrogen-bond donors (Lipinski definition) is 1. The summed E-state index contributed by atoms with van der Waals surface area (Å²) in [5, 5.41) is 4.07. The lowest BCUT2D eigenvalue weighted by Gasteiger charge is -2.12. The van der Waals surface area contributed by atoms with Crippen LogP contribution in [0.2, 0.25) is 0 Å². The van der Waals surface area contributed by atoms with Gasteiger partial charge in [-0.05, 0) is 56.5 Å². The zero-order valence-electron chi connectivity index (χ0n) is 11.5. The minimum Gasteiger partial charge on any atom is -0.356 e. The van der Waals surface area contributed by atoms with Crippen LogP contribution in [0.5, 0.6) is 0 Å². The van der Waals surface area contributed by atoms with E-state index in [0.29, 0.717) is 6.54 Å². The molecule has 2 rings (SSSR count). The van der Waals surface area contributed by atoms with Crippen LogP contribution in [0.4, 0.5) is 0 Å². The van der Waals surface area contributed by atoms with E-state index in [0.717, 1.165) is 17.9 Å². The summed E-state index contributed by atoms with van der Waals surface area (Å²) in [5.74, 6) is 0.847. The highest BCUT2D eigenvalue weighted by Gasteiger charge is 2.14. The summed E-state index contributed by atoms with van der Waals surface area (Å²) in [6, 6.07) is 4.21. The normalized spacial score (nSPS) is 10.9. The maximum absolute atomic E-state index is 5.53. The molecule has 1 aromatic carbocycles. The lowest BCUT2D eigenvalue weighted by atomic mass is 9.92. The summed E-state index contributed by atoms with van der Waals surface area (Å²) in [6.45, 7) is 9.10. The first kappa shape index (κ1) is 12.8. The van der Waals surface area contributed by atoms with Gasteiger partial charge in [0.05, 0.1) is 5.69 Å². The first-order chi connectivity index (χ1) is 8.54. The van der Waals surface area contributed by atoms with Crippen molar-refractivity contribution in [1.29, 1.82) is 0 Å². The Balaban J connectivity index is 2.55. The molecule has 3 heteroatoms. The molecule has 0 aliphatic rings. The number of nitrogens with two attached hydrogens (primary N) is 1. The third-order valence-corrected chi connectivity index (χ3v) is 3.57. The number of rotatable bonds is 3. The molecule has 0 spiro atoms. The van der Waals surface area contributed by atoms with E-state index in [-0.39, 0.29) is 0 Å². The molecule has 0 bridgehead atoms. The van der Waals surface area contributed by atoms with Crippen LogP contribution >= 0.6 is 0 Å². The van der Waals surface area contributed by atoms with Gasteiger partial charge >= 0.3 is 0 Å². The average molecular weight is 244 g/mol. The highest BCUT2D eigenvalue weighted by molar-refractivity contribution is 5.69. The highest BCUT2D eigenvalue weighted by atomic mass is 16.5. The maximum Gasteiger partial charge on any atom is 0.167 e. The molecule has 1 heterocycles. The fraction of sp³-hybridized carbons (Fsp3) is 0.400. The Bertz CT molecular complexity index is 544. The van der Waals surface area contributed by atoms with Crippen LogP contribution in [0.1, 0.15) is 27.9 Å². The zero-order valence-corrected chi connectivity index (χ0v) is 11.5. The second kappa shape index (κ2) is 4.94. The minimum atomic E-state index is 0.594. The second-order valence-electron chi connectivity index (χ2n) is 4.86. The van der Waals surface area contributed by atoms with Gasteiger partial charge in [-0.15, -0.1) is 0 Å². The lowest BCUT2D eigenvalue weighted by molar-refractivity contribution is 0.423. The van der Waals surface area contributed by atoms with Gasteiger partial charge in [0.1, 0.15) is 0 Å². The molecule has 0 unspecified atom stereocenters. The predicted octanol–water partition coefficient (Wildman–Crippen LogP) is 3.08. The van der Waals surface area contributed by atoms with E-state index in [1.165, 1.54) is 27.8 Å². The first-order valence-corrected chi connectivity index (χ1v) is 6.28. The topological polar surface area (TPSA) is 52.0 Å². The van der Waals surface area contributed by atoms with Gasteiger partial charge in [0.2, 0.25) is 0 Å². The van der Waals surface area contributed by atoms with Crippen molar-refractivity contribution in [2.24, 2.45) is 5.73 Å². The number of nitrogens with zero attached hydrogens (tertiary/aromatic N) is 1. The third-order valence-electron chi connectivity index (χ3n) is 3.57. The van der Waals surface area contributed by atoms with E-state index in [1.807, 2.05) is 6.07 Å². The molecule has 1 aromatic heterocycles. The second-order valence-corrected chi connectivity index (χ2v) is 4.86. The molecule has 0 amide bonds. The van der Waals surface area contributed by atoms with E-state index < -0.39 is 0 Å². The van der Waals surface area contributed by atoms with Crippen LogP contribution in [-0.4, -0.2) is 11.7 Å². The Morgan fingerprint density at radius 1 is 1.06 bits per heavy atom. The monoisotopic (exact) mass is 244 g/mol. The van der Waals surface area contributed by atoms with Crippen molar-refractivity contribution in [1.82, 2.24) is 5.16 Å². The zero-order chi connectivity index (χ0) is 13.3. The Labute approximate surface area is 108 Å². The van der Waals surface area contributed by atoms with Crippen LogP contribution in [0.3, 0.4) is 0 Å². The number of aromatic nitrogens is 1. The van der Waals surface area contributed by atoms with E-state index >= 15 is 0 Å². The molecule has 96 valence electrons. The van der Waals surface area contributed by atoms with Gasteiger partial charge in [0, 0.05) is 18.1 Å². The third kappa shape index (κ3) is 2.18. The summed E-state index contributed by atoms with van der Waals surface area (Å²) in [4.78, 5) is 0. The fourth-order valence-electron chi connectivity index (χ4n) is 2.28. The van der Waals surface area contributed by atoms with E-state index in [1.54, 1.807) is 0 Å². The molecule has 0 aliphatic carbocycles. The van der Waals surface area contributed by atoms with Crippen LogP contribution in [0.15, 0.2) is 16.7 Å². The molecule has 2 aromatic rings. The largest absolute Gasteiger partial charge is 0.356 e. The molecule has 0 atom stereocenters. The summed E-state index contributed by atoms with van der Waals surface area (Å²) in [6.07, 6.45) is 0.756. The van der Waals surface area contributed by atoms with Crippen LogP contribution < -0.4 is 5.73 Å². The predicted molar refractivity (Wildman–Crippen MR) is 73.6 cm³/mol. The molecule has 3 nitrogen and oxygen atoms in total. The quantitative estimate of drug-likeness (QED) is 0.902. The van der Waals surface area contributed by atoms with Gasteiger partial charge in [0.15, 0.2) is 5.76 Å². The van der Waals surface area contributed by atoms with Gasteiger partial charge in [-0.1, -0.05) is 11.2 Å². The van der Waals surface area contributed by atoms with Crippen LogP contribution in [0, 0.1) is 27.7 Å². The van der Waals surface area contributed by atoms with Crippen molar-refractivity contribution in [2.75, 3.05) is 6.54 Å². The van der Waals surface area contributed by atoms with Crippen molar-refractivity contribution in [3.05, 3.63) is 40.1 Å². The highest BCUT2D eigenvalue weighted by Crippen LogP contribution is 2.31. The molecule has 18 heavy (non-hydrogen) atoms. The molecular formula is C15H20N2O. The van der Waals surface area contributed by atoms with Gasteiger partial charge in [-0.2, -0.15) is 0 Å². The minimum absolute atomic E-state index is 0.594. The van der Waals surface area contributed by atoms with Crippen molar-refractivity contribution in [3.8, 4) is 11.3 Å². The van der Waals surface area contributed by atoms with E-state index in [4.69, 9.17) is 10.3 Å². The average Bonchev–Trinajstić information content (AvgIpc) is 2.76. The molecular weight excluding hydrogens is 224 g/mol. The Morgan fingerprint density at radius 2 is 1.67 bits per heavy atom. The molecule has 0 fully saturated rings. The van der Waals surface area contributed by atoms with Crippen molar-refractivity contribution >= 4 is 0 Å². The van der Waals surface area contributed by atoms with E-state index in [9.17, 15) is 0 Å². The number of aryl methyl sites for hydroxylation is 2. The molecule has 0 saturated heterocycles. The van der Waals surface area contributed by atoms with Crippen LogP contribution in [0.25, 0.3) is 11.3 Å². The van der Waals surface area contributed by atoms with E-state index in [2.05, 4.69) is 38.9 Å². The Kier molecular flexibility index (Phi) is 3.53.